The van der Waals surface area contributed by atoms with Crippen molar-refractivity contribution in [3.8, 4) is 0 Å². The van der Waals surface area contributed by atoms with Crippen LogP contribution in [0.5, 0.6) is 0 Å². The van der Waals surface area contributed by atoms with Gasteiger partial charge in [-0.2, -0.15) is 0 Å². The molecule has 0 radical (unpaired) electrons. The van der Waals surface area contributed by atoms with E-state index in [0.29, 0.717) is 18.9 Å². The van der Waals surface area contributed by atoms with Gasteiger partial charge < -0.3 is 10.6 Å². The zero-order valence-electron chi connectivity index (χ0n) is 19.9. The van der Waals surface area contributed by atoms with E-state index in [9.17, 15) is 4.79 Å². The Balaban J connectivity index is 1.38. The van der Waals surface area contributed by atoms with Crippen molar-refractivity contribution in [3.63, 3.8) is 0 Å². The van der Waals surface area contributed by atoms with Crippen LogP contribution in [0.4, 0.5) is 5.82 Å². The van der Waals surface area contributed by atoms with Gasteiger partial charge in [-0.25, -0.2) is 4.98 Å². The number of piperazine rings is 1. The summed E-state index contributed by atoms with van der Waals surface area (Å²) in [7, 11) is 0. The first-order valence-electron chi connectivity index (χ1n) is 11.7. The maximum absolute atomic E-state index is 13.0. The normalized spacial score (nSPS) is 14.9. The third kappa shape index (κ3) is 5.60. The molecule has 2 heterocycles. The highest BCUT2D eigenvalue weighted by Gasteiger charge is 2.24. The summed E-state index contributed by atoms with van der Waals surface area (Å²) >= 11 is 0. The van der Waals surface area contributed by atoms with Gasteiger partial charge in [-0.1, -0.05) is 63.2 Å². The highest BCUT2D eigenvalue weighted by Crippen LogP contribution is 2.24. The van der Waals surface area contributed by atoms with Gasteiger partial charge in [-0.15, -0.1) is 0 Å². The van der Waals surface area contributed by atoms with Crippen LogP contribution < -0.4 is 5.73 Å². The Hall–Kier alpha value is -3.18. The Kier molecular flexibility index (Phi) is 6.80. The molecular weight excluding hydrogens is 408 g/mol. The molecule has 3 aromatic rings. The summed E-state index contributed by atoms with van der Waals surface area (Å²) in [5.41, 5.74) is 11.9. The first-order valence-corrected chi connectivity index (χ1v) is 11.7. The van der Waals surface area contributed by atoms with Crippen LogP contribution >= 0.6 is 0 Å². The molecule has 1 fully saturated rings. The van der Waals surface area contributed by atoms with E-state index in [2.05, 4.69) is 73.1 Å². The third-order valence-electron chi connectivity index (χ3n) is 6.46. The number of benzene rings is 2. The quantitative estimate of drug-likeness (QED) is 0.632. The molecule has 1 saturated heterocycles. The Morgan fingerprint density at radius 3 is 2.24 bits per heavy atom. The Morgan fingerprint density at radius 1 is 0.939 bits per heavy atom. The predicted molar refractivity (Wildman–Crippen MR) is 134 cm³/mol. The molecule has 5 heteroatoms. The highest BCUT2D eigenvalue weighted by molar-refractivity contribution is 5.94. The van der Waals surface area contributed by atoms with Crippen molar-refractivity contribution in [1.82, 2.24) is 14.8 Å². The number of anilines is 1. The van der Waals surface area contributed by atoms with Gasteiger partial charge in [-0.3, -0.25) is 9.69 Å². The molecule has 0 spiro atoms. The van der Waals surface area contributed by atoms with Crippen LogP contribution in [0.3, 0.4) is 0 Å². The number of pyridine rings is 1. The van der Waals surface area contributed by atoms with Crippen LogP contribution in [-0.2, 0) is 18.4 Å². The van der Waals surface area contributed by atoms with Gasteiger partial charge in [0.2, 0.25) is 0 Å². The number of amides is 1. The summed E-state index contributed by atoms with van der Waals surface area (Å²) in [5.74, 6) is 0.710. The molecule has 1 amide bonds. The minimum atomic E-state index is 0.0840. The largest absolute Gasteiger partial charge is 0.383 e. The first kappa shape index (κ1) is 23.0. The smallest absolute Gasteiger partial charge is 0.253 e. The summed E-state index contributed by atoms with van der Waals surface area (Å²) < 4.78 is 0. The maximum Gasteiger partial charge on any atom is 0.253 e. The fourth-order valence-electron chi connectivity index (χ4n) is 4.34. The molecule has 0 saturated carbocycles. The van der Waals surface area contributed by atoms with Crippen molar-refractivity contribution >= 4 is 11.7 Å². The maximum atomic E-state index is 13.0. The lowest BCUT2D eigenvalue weighted by Gasteiger charge is -2.35. The van der Waals surface area contributed by atoms with E-state index in [1.54, 1.807) is 6.20 Å². The molecule has 1 aliphatic heterocycles. The molecule has 0 bridgehead atoms. The fraction of sp³-hybridized carbons (Fsp3) is 0.357. The van der Waals surface area contributed by atoms with Crippen LogP contribution in [0.15, 0.2) is 66.9 Å². The van der Waals surface area contributed by atoms with E-state index < -0.39 is 0 Å². The third-order valence-corrected chi connectivity index (χ3v) is 6.46. The predicted octanol–water partition coefficient (Wildman–Crippen LogP) is 4.51. The summed E-state index contributed by atoms with van der Waals surface area (Å²) in [6.45, 7) is 10.4. The standard InChI is InChI=1S/C28H34N4O/c1-28(2,3)24-11-9-22(10-12-24)27(33)32-17-15-31(16-18-32)20-25-23(13-14-30-26(25)29)19-21-7-5-4-6-8-21/h4-14H,15-20H2,1-3H3,(H2,29,30). The fourth-order valence-corrected chi connectivity index (χ4v) is 4.34. The number of carbonyl (C=O) groups excluding carboxylic acids is 1. The SMILES string of the molecule is CC(C)(C)c1ccc(C(=O)N2CCN(Cc3c(Cc4ccccc4)ccnc3N)CC2)cc1. The molecule has 1 aliphatic rings. The lowest BCUT2D eigenvalue weighted by Crippen LogP contribution is -2.48. The molecule has 172 valence electrons. The van der Waals surface area contributed by atoms with Gasteiger partial charge in [0.05, 0.1) is 0 Å². The topological polar surface area (TPSA) is 62.5 Å². The summed E-state index contributed by atoms with van der Waals surface area (Å²) in [5, 5.41) is 0. The first-order chi connectivity index (χ1) is 15.8. The summed E-state index contributed by atoms with van der Waals surface area (Å²) in [4.78, 5) is 21.7. The van der Waals surface area contributed by atoms with Crippen molar-refractivity contribution in [1.29, 1.82) is 0 Å². The monoisotopic (exact) mass is 442 g/mol. The Morgan fingerprint density at radius 2 is 1.61 bits per heavy atom. The van der Waals surface area contributed by atoms with Gasteiger partial charge >= 0.3 is 0 Å². The van der Waals surface area contributed by atoms with Crippen LogP contribution in [-0.4, -0.2) is 46.9 Å². The van der Waals surface area contributed by atoms with Crippen LogP contribution in [0.1, 0.15) is 53.4 Å². The molecule has 2 N–H and O–H groups in total. The molecule has 1 aromatic heterocycles. The van der Waals surface area contributed by atoms with Gasteiger partial charge in [-0.05, 0) is 46.7 Å². The van der Waals surface area contributed by atoms with Crippen molar-refractivity contribution in [2.75, 3.05) is 31.9 Å². The number of hydrogen-bond donors (Lipinski definition) is 1. The number of aromatic nitrogens is 1. The van der Waals surface area contributed by atoms with Crippen LogP contribution in [0.2, 0.25) is 0 Å². The molecular formula is C28H34N4O. The number of nitrogens with two attached hydrogens (primary N) is 1. The van der Waals surface area contributed by atoms with Crippen molar-refractivity contribution in [2.45, 2.75) is 39.2 Å². The average molecular weight is 443 g/mol. The second kappa shape index (κ2) is 9.75. The highest BCUT2D eigenvalue weighted by atomic mass is 16.2. The minimum absolute atomic E-state index is 0.0840. The lowest BCUT2D eigenvalue weighted by molar-refractivity contribution is 0.0628. The van der Waals surface area contributed by atoms with E-state index in [1.165, 1.54) is 16.7 Å². The van der Waals surface area contributed by atoms with E-state index >= 15 is 0 Å². The van der Waals surface area contributed by atoms with Gasteiger partial charge in [0.1, 0.15) is 5.82 Å². The second-order valence-corrected chi connectivity index (χ2v) is 9.89. The summed E-state index contributed by atoms with van der Waals surface area (Å²) in [6.07, 6.45) is 2.63. The zero-order chi connectivity index (χ0) is 23.4. The molecule has 2 aromatic carbocycles. The van der Waals surface area contributed by atoms with E-state index in [1.807, 2.05) is 23.1 Å². The molecule has 4 rings (SSSR count). The van der Waals surface area contributed by atoms with E-state index in [-0.39, 0.29) is 11.3 Å². The van der Waals surface area contributed by atoms with Gasteiger partial charge in [0.15, 0.2) is 0 Å². The minimum Gasteiger partial charge on any atom is -0.383 e. The van der Waals surface area contributed by atoms with Gasteiger partial charge in [0, 0.05) is 50.0 Å². The van der Waals surface area contributed by atoms with Gasteiger partial charge in [0.25, 0.3) is 5.91 Å². The average Bonchev–Trinajstić information content (AvgIpc) is 2.81. The van der Waals surface area contributed by atoms with Crippen molar-refractivity contribution in [2.24, 2.45) is 0 Å². The Labute approximate surface area is 197 Å². The molecule has 0 atom stereocenters. The van der Waals surface area contributed by atoms with E-state index in [4.69, 9.17) is 5.73 Å². The zero-order valence-corrected chi connectivity index (χ0v) is 19.9. The second-order valence-electron chi connectivity index (χ2n) is 9.89. The van der Waals surface area contributed by atoms with Crippen molar-refractivity contribution in [3.05, 3.63) is 94.7 Å². The lowest BCUT2D eigenvalue weighted by atomic mass is 9.86. The number of rotatable bonds is 5. The van der Waals surface area contributed by atoms with Crippen LogP contribution in [0.25, 0.3) is 0 Å². The van der Waals surface area contributed by atoms with Crippen LogP contribution in [0, 0.1) is 0 Å². The number of hydrogen-bond acceptors (Lipinski definition) is 4. The molecule has 5 nitrogen and oxygen atoms in total. The summed E-state index contributed by atoms with van der Waals surface area (Å²) in [6, 6.07) is 20.6. The molecule has 33 heavy (non-hydrogen) atoms. The molecule has 0 aliphatic carbocycles. The Bertz CT molecular complexity index is 1080. The number of nitrogen functional groups attached to an aromatic ring is 1. The van der Waals surface area contributed by atoms with E-state index in [0.717, 1.165) is 37.2 Å². The number of carbonyl (C=O) groups is 1. The van der Waals surface area contributed by atoms with Crippen molar-refractivity contribution < 1.29 is 4.79 Å². The number of nitrogens with zero attached hydrogens (tertiary/aromatic N) is 3. The molecule has 0 unspecified atom stereocenters.